The number of nitrogens with zero attached hydrogens (tertiary/aromatic N) is 3. The van der Waals surface area contributed by atoms with Gasteiger partial charge in [0.1, 0.15) is 0 Å². The van der Waals surface area contributed by atoms with Crippen molar-refractivity contribution in [1.29, 1.82) is 0 Å². The standard InChI is InChI=1S/C20H24N4OS2/c1-3-10-24-19(16-11-17(4-2)26-13-16)22-23-20(24)27-14-18(25)21-12-15-8-6-5-7-9-15/h5-9,11,13H,3-4,10,12,14H2,1-2H3,(H,21,25). The monoisotopic (exact) mass is 400 g/mol. The van der Waals surface area contributed by atoms with E-state index >= 15 is 0 Å². The molecule has 2 aromatic heterocycles. The summed E-state index contributed by atoms with van der Waals surface area (Å²) in [7, 11) is 0. The van der Waals surface area contributed by atoms with Crippen LogP contribution in [-0.4, -0.2) is 26.4 Å². The molecule has 2 heterocycles. The van der Waals surface area contributed by atoms with Crippen molar-refractivity contribution in [2.75, 3.05) is 5.75 Å². The zero-order chi connectivity index (χ0) is 19.1. The van der Waals surface area contributed by atoms with Gasteiger partial charge in [-0.25, -0.2) is 0 Å². The van der Waals surface area contributed by atoms with Gasteiger partial charge in [0.25, 0.3) is 0 Å². The molecule has 0 aliphatic rings. The molecule has 0 atom stereocenters. The number of hydrogen-bond acceptors (Lipinski definition) is 5. The zero-order valence-corrected chi connectivity index (χ0v) is 17.3. The fourth-order valence-corrected chi connectivity index (χ4v) is 4.30. The van der Waals surface area contributed by atoms with Gasteiger partial charge in [0.15, 0.2) is 11.0 Å². The second-order valence-corrected chi connectivity index (χ2v) is 8.10. The highest BCUT2D eigenvalue weighted by atomic mass is 32.2. The molecule has 27 heavy (non-hydrogen) atoms. The minimum Gasteiger partial charge on any atom is -0.351 e. The normalized spacial score (nSPS) is 10.9. The van der Waals surface area contributed by atoms with E-state index in [9.17, 15) is 4.79 Å². The first-order chi connectivity index (χ1) is 13.2. The second kappa shape index (κ2) is 9.71. The molecule has 142 valence electrons. The average Bonchev–Trinajstić information content (AvgIpc) is 3.32. The summed E-state index contributed by atoms with van der Waals surface area (Å²) in [5, 5.41) is 14.6. The number of thiophene rings is 1. The molecule has 0 fully saturated rings. The maximum absolute atomic E-state index is 12.2. The summed E-state index contributed by atoms with van der Waals surface area (Å²) in [6.07, 6.45) is 2.01. The summed E-state index contributed by atoms with van der Waals surface area (Å²) in [5.74, 6) is 1.22. The lowest BCUT2D eigenvalue weighted by Gasteiger charge is -2.08. The molecule has 1 aromatic carbocycles. The van der Waals surface area contributed by atoms with Gasteiger partial charge in [0, 0.05) is 28.9 Å². The molecule has 0 saturated heterocycles. The molecule has 0 unspecified atom stereocenters. The largest absolute Gasteiger partial charge is 0.351 e. The lowest BCUT2D eigenvalue weighted by atomic mass is 10.2. The van der Waals surface area contributed by atoms with E-state index in [1.807, 2.05) is 30.3 Å². The number of rotatable bonds is 9. The molecule has 1 N–H and O–H groups in total. The highest BCUT2D eigenvalue weighted by Gasteiger charge is 2.16. The number of nitrogens with one attached hydrogen (secondary N) is 1. The smallest absolute Gasteiger partial charge is 0.230 e. The average molecular weight is 401 g/mol. The Morgan fingerprint density at radius 1 is 1.22 bits per heavy atom. The van der Waals surface area contributed by atoms with Crippen LogP contribution in [0, 0.1) is 0 Å². The van der Waals surface area contributed by atoms with E-state index in [0.29, 0.717) is 12.3 Å². The van der Waals surface area contributed by atoms with Crippen LogP contribution in [0.15, 0.2) is 46.9 Å². The van der Waals surface area contributed by atoms with E-state index in [1.165, 1.54) is 16.6 Å². The molecule has 0 radical (unpaired) electrons. The minimum absolute atomic E-state index is 0.000235. The number of benzene rings is 1. The van der Waals surface area contributed by atoms with Crippen LogP contribution in [0.3, 0.4) is 0 Å². The van der Waals surface area contributed by atoms with Gasteiger partial charge in [-0.3, -0.25) is 4.79 Å². The van der Waals surface area contributed by atoms with Gasteiger partial charge in [-0.15, -0.1) is 21.5 Å². The number of carbonyl (C=O) groups excluding carboxylic acids is 1. The number of thioether (sulfide) groups is 1. The number of hydrogen-bond donors (Lipinski definition) is 1. The van der Waals surface area contributed by atoms with Crippen LogP contribution in [0.4, 0.5) is 0 Å². The van der Waals surface area contributed by atoms with Gasteiger partial charge in [-0.2, -0.15) is 0 Å². The first-order valence-electron chi connectivity index (χ1n) is 9.15. The van der Waals surface area contributed by atoms with E-state index in [0.717, 1.165) is 41.5 Å². The third kappa shape index (κ3) is 5.20. The Morgan fingerprint density at radius 3 is 2.74 bits per heavy atom. The van der Waals surface area contributed by atoms with E-state index in [2.05, 4.69) is 45.4 Å². The first kappa shape index (κ1) is 19.6. The lowest BCUT2D eigenvalue weighted by molar-refractivity contribution is -0.118. The van der Waals surface area contributed by atoms with Crippen LogP contribution < -0.4 is 5.32 Å². The molecule has 0 saturated carbocycles. The van der Waals surface area contributed by atoms with Crippen LogP contribution in [-0.2, 0) is 24.3 Å². The van der Waals surface area contributed by atoms with E-state index < -0.39 is 0 Å². The molecule has 0 spiro atoms. The van der Waals surface area contributed by atoms with Gasteiger partial charge >= 0.3 is 0 Å². The van der Waals surface area contributed by atoms with Gasteiger partial charge < -0.3 is 9.88 Å². The SMILES string of the molecule is CCCn1c(SCC(=O)NCc2ccccc2)nnc1-c1csc(CC)c1. The Kier molecular flexibility index (Phi) is 7.06. The predicted molar refractivity (Wildman–Crippen MR) is 112 cm³/mol. The number of amides is 1. The Hall–Kier alpha value is -2.12. The van der Waals surface area contributed by atoms with E-state index in [4.69, 9.17) is 0 Å². The van der Waals surface area contributed by atoms with Crippen LogP contribution in [0.5, 0.6) is 0 Å². The fraction of sp³-hybridized carbons (Fsp3) is 0.350. The van der Waals surface area contributed by atoms with Gasteiger partial charge in [-0.05, 0) is 24.5 Å². The van der Waals surface area contributed by atoms with Crippen molar-refractivity contribution in [3.8, 4) is 11.4 Å². The topological polar surface area (TPSA) is 59.8 Å². The van der Waals surface area contributed by atoms with Gasteiger partial charge in [0.05, 0.1) is 5.75 Å². The number of carbonyl (C=O) groups is 1. The van der Waals surface area contributed by atoms with Crippen molar-refractivity contribution in [3.63, 3.8) is 0 Å². The molecule has 0 aliphatic heterocycles. The van der Waals surface area contributed by atoms with Crippen molar-refractivity contribution in [3.05, 3.63) is 52.2 Å². The maximum Gasteiger partial charge on any atom is 0.230 e. The first-order valence-corrected chi connectivity index (χ1v) is 11.0. The summed E-state index contributed by atoms with van der Waals surface area (Å²) in [6, 6.07) is 12.1. The third-order valence-corrected chi connectivity index (χ3v) is 6.14. The molecule has 3 rings (SSSR count). The van der Waals surface area contributed by atoms with Crippen molar-refractivity contribution in [2.45, 2.75) is 44.9 Å². The predicted octanol–water partition coefficient (Wildman–Crippen LogP) is 4.39. The Bertz CT molecular complexity index is 873. The fourth-order valence-electron chi connectivity index (χ4n) is 2.70. The van der Waals surface area contributed by atoms with E-state index in [-0.39, 0.29) is 5.91 Å². The molecule has 5 nitrogen and oxygen atoms in total. The summed E-state index contributed by atoms with van der Waals surface area (Å²) in [4.78, 5) is 13.5. The quantitative estimate of drug-likeness (QED) is 0.541. The van der Waals surface area contributed by atoms with Crippen LogP contribution in [0.2, 0.25) is 0 Å². The third-order valence-electron chi connectivity index (χ3n) is 4.09. The summed E-state index contributed by atoms with van der Waals surface area (Å²) in [5.41, 5.74) is 2.20. The molecular weight excluding hydrogens is 376 g/mol. The number of aryl methyl sites for hydroxylation is 1. The van der Waals surface area contributed by atoms with Crippen molar-refractivity contribution in [1.82, 2.24) is 20.1 Å². The lowest BCUT2D eigenvalue weighted by Crippen LogP contribution is -2.24. The molecule has 1 amide bonds. The maximum atomic E-state index is 12.2. The van der Waals surface area contributed by atoms with E-state index in [1.54, 1.807) is 11.3 Å². The highest BCUT2D eigenvalue weighted by molar-refractivity contribution is 7.99. The van der Waals surface area contributed by atoms with Crippen LogP contribution >= 0.6 is 23.1 Å². The van der Waals surface area contributed by atoms with Gasteiger partial charge in [0.2, 0.25) is 5.91 Å². The zero-order valence-electron chi connectivity index (χ0n) is 15.6. The number of aromatic nitrogens is 3. The van der Waals surface area contributed by atoms with Crippen molar-refractivity contribution >= 4 is 29.0 Å². The van der Waals surface area contributed by atoms with Crippen molar-refractivity contribution < 1.29 is 4.79 Å². The highest BCUT2D eigenvalue weighted by Crippen LogP contribution is 2.28. The molecular formula is C20H24N4OS2. The minimum atomic E-state index is 0.000235. The Balaban J connectivity index is 1.63. The van der Waals surface area contributed by atoms with Crippen molar-refractivity contribution in [2.24, 2.45) is 0 Å². The molecule has 0 bridgehead atoms. The second-order valence-electron chi connectivity index (χ2n) is 6.16. The van der Waals surface area contributed by atoms with Crippen LogP contribution in [0.25, 0.3) is 11.4 Å². The summed E-state index contributed by atoms with van der Waals surface area (Å²) < 4.78 is 2.12. The Morgan fingerprint density at radius 2 is 2.04 bits per heavy atom. The summed E-state index contributed by atoms with van der Waals surface area (Å²) in [6.45, 7) is 5.67. The Labute approximate surface area is 168 Å². The van der Waals surface area contributed by atoms with Gasteiger partial charge in [-0.1, -0.05) is 55.9 Å². The molecule has 0 aliphatic carbocycles. The molecule has 7 heteroatoms. The van der Waals surface area contributed by atoms with Crippen LogP contribution in [0.1, 0.15) is 30.7 Å². The summed E-state index contributed by atoms with van der Waals surface area (Å²) >= 11 is 3.19. The molecule has 3 aromatic rings.